The number of carbonyl (C=O) groups is 1. The molecule has 1 aromatic carbocycles. The number of benzene rings is 1. The van der Waals surface area contributed by atoms with Crippen molar-refractivity contribution < 1.29 is 18.3 Å². The van der Waals surface area contributed by atoms with Gasteiger partial charge in [-0.3, -0.25) is 9.69 Å². The van der Waals surface area contributed by atoms with Crippen molar-refractivity contribution in [3.63, 3.8) is 0 Å². The average molecular weight is 446 g/mol. The molecule has 1 heterocycles. The van der Waals surface area contributed by atoms with Gasteiger partial charge in [0.05, 0.1) is 13.1 Å². The first-order valence-corrected chi connectivity index (χ1v) is 10.4. The Hall–Kier alpha value is -2.13. The Morgan fingerprint density at radius 3 is 2.67 bits per heavy atom. The van der Waals surface area contributed by atoms with Crippen LogP contribution in [0.15, 0.2) is 23.2 Å². The lowest BCUT2D eigenvalue weighted by atomic mass is 10.1. The van der Waals surface area contributed by atoms with E-state index in [9.17, 15) is 13.6 Å². The lowest BCUT2D eigenvalue weighted by molar-refractivity contribution is -0.130. The van der Waals surface area contributed by atoms with Crippen LogP contribution in [-0.4, -0.2) is 74.6 Å². The number of likely N-dealkylation sites (tertiary alicyclic amines) is 1. The summed E-state index contributed by atoms with van der Waals surface area (Å²) in [5.41, 5.74) is 0.483. The van der Waals surface area contributed by atoms with E-state index in [1.807, 2.05) is 6.92 Å². The number of halogens is 3. The number of piperidine rings is 1. The van der Waals surface area contributed by atoms with Gasteiger partial charge in [0.25, 0.3) is 0 Å². The van der Waals surface area contributed by atoms with Crippen molar-refractivity contribution in [2.45, 2.75) is 39.0 Å². The lowest BCUT2D eigenvalue weighted by Crippen LogP contribution is -2.50. The molecule has 0 unspecified atom stereocenters. The normalized spacial score (nSPS) is 15.9. The zero-order valence-electron chi connectivity index (χ0n) is 17.6. The number of aliphatic imine (C=N–C) groups is 1. The summed E-state index contributed by atoms with van der Waals surface area (Å²) in [6, 6.07) is 4.71. The van der Waals surface area contributed by atoms with E-state index in [0.717, 1.165) is 25.9 Å². The van der Waals surface area contributed by atoms with Crippen LogP contribution >= 0.6 is 11.6 Å². The highest BCUT2D eigenvalue weighted by molar-refractivity contribution is 6.30. The number of hydrogen-bond acceptors (Lipinski definition) is 4. The second-order valence-corrected chi connectivity index (χ2v) is 7.75. The van der Waals surface area contributed by atoms with E-state index >= 15 is 0 Å². The summed E-state index contributed by atoms with van der Waals surface area (Å²) in [5.74, 6) is 0.760. The van der Waals surface area contributed by atoms with Gasteiger partial charge in [-0.05, 0) is 38.0 Å². The van der Waals surface area contributed by atoms with Crippen molar-refractivity contribution in [2.75, 3.05) is 40.3 Å². The molecule has 2 rings (SSSR count). The maximum atomic E-state index is 12.6. The van der Waals surface area contributed by atoms with E-state index in [1.54, 1.807) is 25.1 Å². The first-order valence-electron chi connectivity index (χ1n) is 9.99. The van der Waals surface area contributed by atoms with Gasteiger partial charge in [0.15, 0.2) is 5.96 Å². The van der Waals surface area contributed by atoms with Gasteiger partial charge in [0.1, 0.15) is 5.75 Å². The summed E-state index contributed by atoms with van der Waals surface area (Å²) in [7, 11) is 3.51. The van der Waals surface area contributed by atoms with Crippen molar-refractivity contribution in [3.05, 3.63) is 28.8 Å². The molecule has 0 aliphatic carbocycles. The molecule has 0 saturated carbocycles. The molecule has 1 aliphatic heterocycles. The summed E-state index contributed by atoms with van der Waals surface area (Å²) in [6.07, 6.45) is 1.75. The predicted molar refractivity (Wildman–Crippen MR) is 114 cm³/mol. The Morgan fingerprint density at radius 1 is 1.37 bits per heavy atom. The van der Waals surface area contributed by atoms with Crippen LogP contribution in [0, 0.1) is 0 Å². The van der Waals surface area contributed by atoms with Gasteiger partial charge < -0.3 is 20.3 Å². The minimum atomic E-state index is -2.91. The Bertz CT molecular complexity index is 725. The minimum Gasteiger partial charge on any atom is -0.434 e. The maximum absolute atomic E-state index is 12.6. The molecule has 7 nitrogen and oxygen atoms in total. The number of nitrogens with one attached hydrogen (secondary N) is 2. The van der Waals surface area contributed by atoms with Crippen molar-refractivity contribution >= 4 is 23.5 Å². The van der Waals surface area contributed by atoms with Crippen molar-refractivity contribution in [2.24, 2.45) is 4.99 Å². The van der Waals surface area contributed by atoms with Gasteiger partial charge in [-0.15, -0.1) is 0 Å². The summed E-state index contributed by atoms with van der Waals surface area (Å²) < 4.78 is 29.8. The molecule has 0 aromatic heterocycles. The molecule has 2 N–H and O–H groups in total. The third-order valence-electron chi connectivity index (χ3n) is 4.78. The number of guanidine groups is 1. The zero-order chi connectivity index (χ0) is 22.1. The first kappa shape index (κ1) is 24.1. The van der Waals surface area contributed by atoms with E-state index in [0.29, 0.717) is 29.6 Å². The smallest absolute Gasteiger partial charge is 0.387 e. The average Bonchev–Trinajstić information content (AvgIpc) is 2.69. The molecule has 0 atom stereocenters. The first-order chi connectivity index (χ1) is 14.3. The number of alkyl halides is 2. The lowest BCUT2D eigenvalue weighted by Gasteiger charge is -2.33. The molecule has 0 bridgehead atoms. The Labute approximate surface area is 181 Å². The van der Waals surface area contributed by atoms with E-state index in [4.69, 9.17) is 11.6 Å². The van der Waals surface area contributed by atoms with E-state index < -0.39 is 6.61 Å². The van der Waals surface area contributed by atoms with E-state index in [-0.39, 0.29) is 24.2 Å². The monoisotopic (exact) mass is 445 g/mol. The third-order valence-corrected chi connectivity index (χ3v) is 5.01. The molecule has 1 fully saturated rings. The van der Waals surface area contributed by atoms with Crippen molar-refractivity contribution in [3.8, 4) is 5.75 Å². The SMILES string of the molecule is CCNC(=NCc1cc(Cl)ccc1OC(F)F)NC1CCN(CC(=O)N(C)C)CC1. The molecule has 1 aliphatic rings. The number of hydrogen-bond donors (Lipinski definition) is 2. The van der Waals surface area contributed by atoms with E-state index in [2.05, 4.69) is 25.3 Å². The fourth-order valence-corrected chi connectivity index (χ4v) is 3.32. The summed E-state index contributed by atoms with van der Waals surface area (Å²) in [5, 5.41) is 7.00. The molecule has 1 saturated heterocycles. The quantitative estimate of drug-likeness (QED) is 0.475. The van der Waals surface area contributed by atoms with Crippen LogP contribution in [0.3, 0.4) is 0 Å². The molecule has 30 heavy (non-hydrogen) atoms. The van der Waals surface area contributed by atoms with Crippen LogP contribution in [0.25, 0.3) is 0 Å². The van der Waals surface area contributed by atoms with Crippen LogP contribution in [0.1, 0.15) is 25.3 Å². The molecule has 0 radical (unpaired) electrons. The molecular weight excluding hydrogens is 416 g/mol. The second kappa shape index (κ2) is 11.9. The fraction of sp³-hybridized carbons (Fsp3) is 0.600. The van der Waals surface area contributed by atoms with Crippen LogP contribution in [0.5, 0.6) is 5.75 Å². The minimum absolute atomic E-state index is 0.0628. The van der Waals surface area contributed by atoms with Crippen molar-refractivity contribution in [1.29, 1.82) is 0 Å². The van der Waals surface area contributed by atoms with Crippen molar-refractivity contribution in [1.82, 2.24) is 20.4 Å². The predicted octanol–water partition coefficient (Wildman–Crippen LogP) is 2.55. The fourth-order valence-electron chi connectivity index (χ4n) is 3.13. The van der Waals surface area contributed by atoms with Gasteiger partial charge in [-0.2, -0.15) is 8.78 Å². The maximum Gasteiger partial charge on any atom is 0.387 e. The van der Waals surface area contributed by atoms with Gasteiger partial charge >= 0.3 is 6.61 Å². The highest BCUT2D eigenvalue weighted by atomic mass is 35.5. The molecule has 1 aromatic rings. The van der Waals surface area contributed by atoms with Crippen LogP contribution in [-0.2, 0) is 11.3 Å². The number of amides is 1. The Balaban J connectivity index is 1.96. The molecule has 10 heteroatoms. The highest BCUT2D eigenvalue weighted by Crippen LogP contribution is 2.25. The third kappa shape index (κ3) is 7.95. The zero-order valence-corrected chi connectivity index (χ0v) is 18.4. The van der Waals surface area contributed by atoms with Crippen LogP contribution < -0.4 is 15.4 Å². The Kier molecular flexibility index (Phi) is 9.58. The number of nitrogens with zero attached hydrogens (tertiary/aromatic N) is 3. The van der Waals surface area contributed by atoms with Gasteiger partial charge in [0, 0.05) is 50.4 Å². The van der Waals surface area contributed by atoms with Gasteiger partial charge in [0.2, 0.25) is 5.91 Å². The van der Waals surface area contributed by atoms with E-state index in [1.165, 1.54) is 12.1 Å². The number of rotatable bonds is 8. The largest absolute Gasteiger partial charge is 0.434 e. The Morgan fingerprint density at radius 2 is 2.07 bits per heavy atom. The molecule has 0 spiro atoms. The summed E-state index contributed by atoms with van der Waals surface area (Å²) in [4.78, 5) is 20.1. The topological polar surface area (TPSA) is 69.2 Å². The number of carbonyl (C=O) groups excluding carboxylic acids is 1. The van der Waals surface area contributed by atoms with Crippen LogP contribution in [0.2, 0.25) is 5.02 Å². The summed E-state index contributed by atoms with van der Waals surface area (Å²) >= 11 is 6.00. The van der Waals surface area contributed by atoms with Crippen LogP contribution in [0.4, 0.5) is 8.78 Å². The molecule has 1 amide bonds. The molecular formula is C20H30ClF2N5O2. The number of likely N-dealkylation sites (N-methyl/N-ethyl adjacent to an activating group) is 1. The van der Waals surface area contributed by atoms with Gasteiger partial charge in [-0.1, -0.05) is 11.6 Å². The number of ether oxygens (including phenoxy) is 1. The summed E-state index contributed by atoms with van der Waals surface area (Å²) in [6.45, 7) is 1.91. The standard InChI is InChI=1S/C20H30ClF2N5O2/c1-4-24-20(25-12-14-11-15(21)5-6-17(14)30-19(22)23)26-16-7-9-28(10-8-16)13-18(29)27(2)3/h5-6,11,16,19H,4,7-10,12-13H2,1-3H3,(H2,24,25,26). The van der Waals surface area contributed by atoms with Gasteiger partial charge in [-0.25, -0.2) is 4.99 Å². The molecule has 168 valence electrons. The highest BCUT2D eigenvalue weighted by Gasteiger charge is 2.22. The second-order valence-electron chi connectivity index (χ2n) is 7.31.